The van der Waals surface area contributed by atoms with Gasteiger partial charge in [-0.2, -0.15) is 13.2 Å². The Kier molecular flexibility index (Phi) is 3.96. The van der Waals surface area contributed by atoms with Crippen molar-refractivity contribution in [2.75, 3.05) is 5.73 Å². The minimum Gasteiger partial charge on any atom is -0.473 e. The Morgan fingerprint density at radius 1 is 1.12 bits per heavy atom. The minimum atomic E-state index is -4.55. The first kappa shape index (κ1) is 16.0. The summed E-state index contributed by atoms with van der Waals surface area (Å²) in [6.45, 7) is 1.91. The fraction of sp³-hybridized carbons (Fsp3) is 0.188. The van der Waals surface area contributed by atoms with Crippen LogP contribution in [0.5, 0.6) is 5.88 Å². The van der Waals surface area contributed by atoms with Crippen LogP contribution in [0.4, 0.5) is 19.0 Å². The maximum absolute atomic E-state index is 12.6. The average Bonchev–Trinajstić information content (AvgIpc) is 2.53. The molecule has 2 aromatic heterocycles. The summed E-state index contributed by atoms with van der Waals surface area (Å²) in [6, 6.07) is 8.26. The molecule has 1 aromatic carbocycles. The Hall–Kier alpha value is -2.90. The zero-order valence-electron chi connectivity index (χ0n) is 12.6. The molecular weight excluding hydrogens is 321 g/mol. The van der Waals surface area contributed by atoms with E-state index in [1.165, 1.54) is 0 Å². The van der Waals surface area contributed by atoms with Gasteiger partial charge in [-0.05, 0) is 25.1 Å². The van der Waals surface area contributed by atoms with Gasteiger partial charge in [-0.15, -0.1) is 0 Å². The third-order valence-electron chi connectivity index (χ3n) is 3.39. The van der Waals surface area contributed by atoms with Gasteiger partial charge < -0.3 is 10.5 Å². The molecule has 0 radical (unpaired) electrons. The summed E-state index contributed by atoms with van der Waals surface area (Å²) in [4.78, 5) is 11.1. The highest BCUT2D eigenvalue weighted by molar-refractivity contribution is 5.82. The molecule has 5 nitrogen and oxygen atoms in total. The minimum absolute atomic E-state index is 0.0446. The number of rotatable bonds is 3. The summed E-state index contributed by atoms with van der Waals surface area (Å²) in [5, 5.41) is 0.876. The standard InChI is InChI=1S/C16H13F3N4O/c1-9-2-3-12-10(4-9)5-11(15(20)23-12)7-24-14-6-13(16(17,18)19)21-8-22-14/h2-6,8H,7H2,1H3,(H2,20,23). The van der Waals surface area contributed by atoms with Crippen LogP contribution >= 0.6 is 0 Å². The van der Waals surface area contributed by atoms with Crippen LogP contribution in [0, 0.1) is 6.92 Å². The summed E-state index contributed by atoms with van der Waals surface area (Å²) in [5.41, 5.74) is 7.19. The monoisotopic (exact) mass is 334 g/mol. The maximum Gasteiger partial charge on any atom is 0.433 e. The van der Waals surface area contributed by atoms with Crippen LogP contribution in [-0.2, 0) is 12.8 Å². The van der Waals surface area contributed by atoms with E-state index in [1.807, 2.05) is 25.1 Å². The first-order valence-corrected chi connectivity index (χ1v) is 7.01. The number of alkyl halides is 3. The lowest BCUT2D eigenvalue weighted by Crippen LogP contribution is -2.09. The van der Waals surface area contributed by atoms with Crippen LogP contribution in [0.2, 0.25) is 0 Å². The SMILES string of the molecule is Cc1ccc2nc(N)c(COc3cc(C(F)(F)F)ncn3)cc2c1. The van der Waals surface area contributed by atoms with Crippen molar-refractivity contribution < 1.29 is 17.9 Å². The van der Waals surface area contributed by atoms with Crippen LogP contribution in [0.25, 0.3) is 10.9 Å². The highest BCUT2D eigenvalue weighted by Crippen LogP contribution is 2.29. The summed E-state index contributed by atoms with van der Waals surface area (Å²) >= 11 is 0. The molecular formula is C16H13F3N4O. The van der Waals surface area contributed by atoms with Gasteiger partial charge in [0.15, 0.2) is 5.69 Å². The molecule has 2 N–H and O–H groups in total. The topological polar surface area (TPSA) is 73.9 Å². The number of aryl methyl sites for hydroxylation is 1. The molecule has 3 aromatic rings. The molecule has 8 heteroatoms. The Labute approximate surface area is 135 Å². The number of hydrogen-bond acceptors (Lipinski definition) is 5. The van der Waals surface area contributed by atoms with E-state index in [9.17, 15) is 13.2 Å². The first-order chi connectivity index (χ1) is 11.3. The van der Waals surface area contributed by atoms with Gasteiger partial charge in [-0.25, -0.2) is 15.0 Å². The van der Waals surface area contributed by atoms with Crippen molar-refractivity contribution in [1.29, 1.82) is 0 Å². The lowest BCUT2D eigenvalue weighted by Gasteiger charge is -2.10. The molecule has 124 valence electrons. The summed E-state index contributed by atoms with van der Waals surface area (Å²) in [5.74, 6) is 0.0810. The van der Waals surface area contributed by atoms with Crippen LogP contribution in [-0.4, -0.2) is 15.0 Å². The Morgan fingerprint density at radius 3 is 2.67 bits per heavy atom. The highest BCUT2D eigenvalue weighted by Gasteiger charge is 2.33. The fourth-order valence-corrected chi connectivity index (χ4v) is 2.20. The number of aromatic nitrogens is 3. The van der Waals surface area contributed by atoms with Crippen LogP contribution in [0.3, 0.4) is 0 Å². The molecule has 2 heterocycles. The molecule has 0 aliphatic heterocycles. The summed E-state index contributed by atoms with van der Waals surface area (Å²) < 4.78 is 43.2. The van der Waals surface area contributed by atoms with E-state index in [1.54, 1.807) is 6.07 Å². The number of nitrogens with two attached hydrogens (primary N) is 1. The molecule has 0 bridgehead atoms. The van der Waals surface area contributed by atoms with E-state index < -0.39 is 11.9 Å². The molecule has 24 heavy (non-hydrogen) atoms. The van der Waals surface area contributed by atoms with Gasteiger partial charge in [0, 0.05) is 17.0 Å². The van der Waals surface area contributed by atoms with E-state index in [0.29, 0.717) is 5.56 Å². The average molecular weight is 334 g/mol. The normalized spacial score (nSPS) is 11.7. The molecule has 0 spiro atoms. The van der Waals surface area contributed by atoms with Crippen molar-refractivity contribution in [3.8, 4) is 5.88 Å². The molecule has 3 rings (SSSR count). The van der Waals surface area contributed by atoms with Crippen molar-refractivity contribution in [3.05, 3.63) is 53.5 Å². The number of halogens is 3. The van der Waals surface area contributed by atoms with Crippen LogP contribution in [0.1, 0.15) is 16.8 Å². The van der Waals surface area contributed by atoms with E-state index in [2.05, 4.69) is 15.0 Å². The van der Waals surface area contributed by atoms with E-state index >= 15 is 0 Å². The Balaban J connectivity index is 1.84. The molecule has 0 aliphatic carbocycles. The van der Waals surface area contributed by atoms with Crippen molar-refractivity contribution in [2.24, 2.45) is 0 Å². The molecule has 0 saturated heterocycles. The quantitative estimate of drug-likeness (QED) is 0.793. The number of ether oxygens (including phenoxy) is 1. The molecule has 0 fully saturated rings. The molecule has 0 aliphatic rings. The van der Waals surface area contributed by atoms with Gasteiger partial charge in [0.05, 0.1) is 5.52 Å². The van der Waals surface area contributed by atoms with Crippen LogP contribution in [0.15, 0.2) is 36.7 Å². The van der Waals surface area contributed by atoms with Crippen molar-refractivity contribution in [3.63, 3.8) is 0 Å². The predicted octanol–water partition coefficient (Wildman–Crippen LogP) is 3.51. The smallest absolute Gasteiger partial charge is 0.433 e. The van der Waals surface area contributed by atoms with E-state index in [4.69, 9.17) is 10.5 Å². The largest absolute Gasteiger partial charge is 0.473 e. The van der Waals surface area contributed by atoms with Gasteiger partial charge >= 0.3 is 6.18 Å². The number of anilines is 1. The van der Waals surface area contributed by atoms with Gasteiger partial charge in [-0.3, -0.25) is 0 Å². The first-order valence-electron chi connectivity index (χ1n) is 7.01. The zero-order valence-corrected chi connectivity index (χ0v) is 12.6. The van der Waals surface area contributed by atoms with Crippen molar-refractivity contribution in [1.82, 2.24) is 15.0 Å². The second-order valence-corrected chi connectivity index (χ2v) is 5.26. The number of nitrogen functional groups attached to an aromatic ring is 1. The van der Waals surface area contributed by atoms with Gasteiger partial charge in [-0.1, -0.05) is 11.6 Å². The highest BCUT2D eigenvalue weighted by atomic mass is 19.4. The van der Waals surface area contributed by atoms with Gasteiger partial charge in [0.25, 0.3) is 0 Å². The maximum atomic E-state index is 12.6. The number of benzene rings is 1. The zero-order chi connectivity index (χ0) is 17.3. The summed E-state index contributed by atoms with van der Waals surface area (Å²) in [6.07, 6.45) is -3.74. The summed E-state index contributed by atoms with van der Waals surface area (Å²) in [7, 11) is 0. The predicted molar refractivity (Wildman–Crippen MR) is 82.3 cm³/mol. The number of hydrogen-bond donors (Lipinski definition) is 1. The number of pyridine rings is 1. The van der Waals surface area contributed by atoms with Crippen molar-refractivity contribution in [2.45, 2.75) is 19.7 Å². The second kappa shape index (κ2) is 5.95. The van der Waals surface area contributed by atoms with Gasteiger partial charge in [0.1, 0.15) is 18.8 Å². The lowest BCUT2D eigenvalue weighted by atomic mass is 10.1. The molecule has 0 amide bonds. The Bertz CT molecular complexity index is 896. The number of fused-ring (bicyclic) bond motifs is 1. The number of nitrogens with zero attached hydrogens (tertiary/aromatic N) is 3. The fourth-order valence-electron chi connectivity index (χ4n) is 2.20. The molecule has 0 unspecified atom stereocenters. The van der Waals surface area contributed by atoms with Gasteiger partial charge in [0.2, 0.25) is 5.88 Å². The second-order valence-electron chi connectivity index (χ2n) is 5.26. The lowest BCUT2D eigenvalue weighted by molar-refractivity contribution is -0.141. The van der Waals surface area contributed by atoms with Crippen molar-refractivity contribution >= 4 is 16.7 Å². The molecule has 0 atom stereocenters. The third kappa shape index (κ3) is 3.37. The Morgan fingerprint density at radius 2 is 1.92 bits per heavy atom. The van der Waals surface area contributed by atoms with E-state index in [-0.39, 0.29) is 18.3 Å². The van der Waals surface area contributed by atoms with Crippen LogP contribution < -0.4 is 10.5 Å². The van der Waals surface area contributed by atoms with E-state index in [0.717, 1.165) is 28.9 Å². The molecule has 0 saturated carbocycles. The third-order valence-corrected chi connectivity index (χ3v) is 3.39.